The first-order valence-electron chi connectivity index (χ1n) is 29.1. The summed E-state index contributed by atoms with van der Waals surface area (Å²) in [4.78, 5) is 5.15. The molecule has 0 atom stereocenters. The van der Waals surface area contributed by atoms with Gasteiger partial charge < -0.3 is 9.64 Å². The molecule has 13 aromatic rings. The highest BCUT2D eigenvalue weighted by molar-refractivity contribution is 7.99. The lowest BCUT2D eigenvalue weighted by atomic mass is 9.66. The van der Waals surface area contributed by atoms with Crippen LogP contribution in [0.5, 0.6) is 11.5 Å². The molecule has 0 bridgehead atoms. The minimum atomic E-state index is -0.605. The van der Waals surface area contributed by atoms with E-state index < -0.39 is 16.2 Å². The van der Waals surface area contributed by atoms with Crippen molar-refractivity contribution in [3.63, 3.8) is 0 Å². The first kappa shape index (κ1) is 47.4. The van der Waals surface area contributed by atoms with Crippen molar-refractivity contribution in [1.82, 2.24) is 0 Å². The molecule has 392 valence electrons. The number of para-hydroxylation sites is 3. The van der Waals surface area contributed by atoms with E-state index in [0.717, 1.165) is 45.3 Å². The van der Waals surface area contributed by atoms with E-state index in [-0.39, 0.29) is 0 Å². The van der Waals surface area contributed by atoms with E-state index in [1.807, 2.05) is 11.8 Å². The van der Waals surface area contributed by atoms with Gasteiger partial charge in [0.15, 0.2) is 0 Å². The molecule has 2 spiro atoms. The standard InChI is InChI=1S/C81H51NOS/c1-3-24-52(25-4-1)79(53-26-5-2-6-27-53)65-35-13-9-31-61(65)78-60(32-23-40-71(78)79)59-30-10-18-41-73(59)82(54-47-49-66-62(50-54)57-29-8-12-34-64(57)80(66)67-36-14-19-42-74(67)83-75-43-20-15-37-68(75)80)55-46-48-58-56-28-7-11-33-63(56)81(72(58)51-55)69-38-16-21-44-76(69)84-77-45-22-17-39-70(77)81/h1-51H. The maximum absolute atomic E-state index is 6.79. The Morgan fingerprint density at radius 3 is 1.30 bits per heavy atom. The number of benzene rings is 13. The fraction of sp³-hybridized carbons (Fsp3) is 0.0370. The van der Waals surface area contributed by atoms with Crippen LogP contribution in [0, 0.1) is 0 Å². The molecule has 13 aromatic carbocycles. The summed E-state index contributed by atoms with van der Waals surface area (Å²) in [5, 5.41) is 0. The quantitative estimate of drug-likeness (QED) is 0.165. The zero-order chi connectivity index (χ0) is 55.1. The van der Waals surface area contributed by atoms with Crippen LogP contribution in [0.4, 0.5) is 17.1 Å². The summed E-state index contributed by atoms with van der Waals surface area (Å²) in [5.74, 6) is 1.77. The van der Waals surface area contributed by atoms with E-state index >= 15 is 0 Å². The number of nitrogens with zero attached hydrogens (tertiary/aromatic N) is 1. The molecule has 3 heteroatoms. The summed E-state index contributed by atoms with van der Waals surface area (Å²) < 4.78 is 6.79. The number of hydrogen-bond donors (Lipinski definition) is 0. The van der Waals surface area contributed by atoms with Crippen LogP contribution in [0.2, 0.25) is 0 Å². The van der Waals surface area contributed by atoms with Gasteiger partial charge in [-0.25, -0.2) is 0 Å². The molecular weight excluding hydrogens is 1030 g/mol. The molecule has 2 aliphatic heterocycles. The van der Waals surface area contributed by atoms with Crippen LogP contribution in [0.25, 0.3) is 44.5 Å². The van der Waals surface area contributed by atoms with Crippen molar-refractivity contribution >= 4 is 28.8 Å². The second-order valence-corrected chi connectivity index (χ2v) is 23.9. The Kier molecular flexibility index (Phi) is 10.1. The van der Waals surface area contributed by atoms with Gasteiger partial charge in [-0.2, -0.15) is 0 Å². The van der Waals surface area contributed by atoms with Crippen molar-refractivity contribution < 1.29 is 4.74 Å². The molecule has 0 radical (unpaired) electrons. The second kappa shape index (κ2) is 17.9. The third-order valence-electron chi connectivity index (χ3n) is 19.1. The Hall–Kier alpha value is -10.2. The molecule has 0 fully saturated rings. The van der Waals surface area contributed by atoms with E-state index in [0.29, 0.717) is 0 Å². The van der Waals surface area contributed by atoms with Crippen LogP contribution in [0.15, 0.2) is 319 Å². The predicted molar refractivity (Wildman–Crippen MR) is 343 cm³/mol. The Morgan fingerprint density at radius 2 is 0.667 bits per heavy atom. The SMILES string of the molecule is c1ccc(C2(c3ccccc3)c3ccccc3-c3c(-c4ccccc4N(c4ccc5c(c4)-c4ccccc4C54c5ccccc5Oc5ccccc54)c4ccc5c(c4)C4(c6ccccc6Sc6ccccc64)c4ccccc4-5)cccc32)cc1. The van der Waals surface area contributed by atoms with Crippen LogP contribution in [-0.4, -0.2) is 0 Å². The Bertz CT molecular complexity index is 4750. The third-order valence-corrected chi connectivity index (χ3v) is 20.2. The summed E-state index contributed by atoms with van der Waals surface area (Å²) in [6, 6.07) is 116. The molecule has 2 heterocycles. The normalized spacial score (nSPS) is 14.8. The van der Waals surface area contributed by atoms with Gasteiger partial charge in [0.05, 0.1) is 21.9 Å². The maximum Gasteiger partial charge on any atom is 0.132 e. The van der Waals surface area contributed by atoms with Gasteiger partial charge in [-0.15, -0.1) is 0 Å². The average Bonchev–Trinajstić information content (AvgIpc) is 1.73. The number of rotatable bonds is 6. The van der Waals surface area contributed by atoms with Gasteiger partial charge in [-0.05, 0) is 149 Å². The summed E-state index contributed by atoms with van der Waals surface area (Å²) in [5.41, 5.74) is 26.4. The number of fused-ring (bicyclic) bond motifs is 21. The lowest BCUT2D eigenvalue weighted by Crippen LogP contribution is -2.32. The third kappa shape index (κ3) is 6.16. The minimum absolute atomic E-state index is 0.558. The fourth-order valence-electron chi connectivity index (χ4n) is 16.0. The Labute approximate surface area is 493 Å². The zero-order valence-corrected chi connectivity index (χ0v) is 46.5. The molecule has 2 nitrogen and oxygen atoms in total. The number of hydrogen-bond acceptors (Lipinski definition) is 3. The number of ether oxygens (including phenoxy) is 1. The van der Waals surface area contributed by atoms with Gasteiger partial charge >= 0.3 is 0 Å². The molecule has 0 amide bonds. The van der Waals surface area contributed by atoms with Gasteiger partial charge in [0.2, 0.25) is 0 Å². The van der Waals surface area contributed by atoms with E-state index in [9.17, 15) is 0 Å². The lowest BCUT2D eigenvalue weighted by molar-refractivity contribution is 0.436. The highest BCUT2D eigenvalue weighted by Gasteiger charge is 2.53. The molecule has 0 saturated carbocycles. The smallest absolute Gasteiger partial charge is 0.132 e. The van der Waals surface area contributed by atoms with E-state index in [1.165, 1.54) is 104 Å². The maximum atomic E-state index is 6.79. The monoisotopic (exact) mass is 1090 g/mol. The molecule has 0 saturated heterocycles. The van der Waals surface area contributed by atoms with E-state index in [4.69, 9.17) is 4.74 Å². The van der Waals surface area contributed by atoms with Gasteiger partial charge in [0.1, 0.15) is 11.5 Å². The van der Waals surface area contributed by atoms with Crippen LogP contribution >= 0.6 is 11.8 Å². The highest BCUT2D eigenvalue weighted by Crippen LogP contribution is 2.66. The second-order valence-electron chi connectivity index (χ2n) is 22.8. The largest absolute Gasteiger partial charge is 0.457 e. The van der Waals surface area contributed by atoms with Crippen molar-refractivity contribution in [3.05, 3.63) is 376 Å². The molecule has 18 rings (SSSR count). The van der Waals surface area contributed by atoms with E-state index in [2.05, 4.69) is 314 Å². The van der Waals surface area contributed by atoms with Crippen LogP contribution in [0.1, 0.15) is 66.8 Å². The van der Waals surface area contributed by atoms with Gasteiger partial charge in [0, 0.05) is 37.9 Å². The topological polar surface area (TPSA) is 12.5 Å². The Morgan fingerprint density at radius 1 is 0.250 bits per heavy atom. The molecule has 3 aliphatic carbocycles. The number of anilines is 3. The van der Waals surface area contributed by atoms with Crippen LogP contribution in [-0.2, 0) is 16.2 Å². The van der Waals surface area contributed by atoms with Crippen molar-refractivity contribution in [1.29, 1.82) is 0 Å². The molecule has 5 aliphatic rings. The summed E-state index contributed by atoms with van der Waals surface area (Å²) in [7, 11) is 0. The van der Waals surface area contributed by atoms with Gasteiger partial charge in [-0.1, -0.05) is 267 Å². The molecule has 0 aromatic heterocycles. The molecule has 0 unspecified atom stereocenters. The molecule has 84 heavy (non-hydrogen) atoms. The molecular formula is C81H51NOS. The Balaban J connectivity index is 0.926. The van der Waals surface area contributed by atoms with Gasteiger partial charge in [-0.3, -0.25) is 0 Å². The molecule has 0 N–H and O–H groups in total. The van der Waals surface area contributed by atoms with Crippen molar-refractivity contribution in [2.45, 2.75) is 26.0 Å². The van der Waals surface area contributed by atoms with E-state index in [1.54, 1.807) is 0 Å². The fourth-order valence-corrected chi connectivity index (χ4v) is 17.2. The first-order chi connectivity index (χ1) is 41.7. The average molecular weight is 1090 g/mol. The predicted octanol–water partition coefficient (Wildman–Crippen LogP) is 20.5. The zero-order valence-electron chi connectivity index (χ0n) is 45.7. The first-order valence-corrected chi connectivity index (χ1v) is 30.0. The lowest BCUT2D eigenvalue weighted by Gasteiger charge is -2.40. The van der Waals surface area contributed by atoms with Gasteiger partial charge in [0.25, 0.3) is 0 Å². The van der Waals surface area contributed by atoms with Crippen molar-refractivity contribution in [2.24, 2.45) is 0 Å². The van der Waals surface area contributed by atoms with Crippen molar-refractivity contribution in [2.75, 3.05) is 4.90 Å². The van der Waals surface area contributed by atoms with Crippen LogP contribution in [0.3, 0.4) is 0 Å². The van der Waals surface area contributed by atoms with Crippen molar-refractivity contribution in [3.8, 4) is 56.0 Å². The minimum Gasteiger partial charge on any atom is -0.457 e. The summed E-state index contributed by atoms with van der Waals surface area (Å²) >= 11 is 1.89. The summed E-state index contributed by atoms with van der Waals surface area (Å²) in [6.07, 6.45) is 0. The highest BCUT2D eigenvalue weighted by atomic mass is 32.2. The van der Waals surface area contributed by atoms with Crippen LogP contribution < -0.4 is 9.64 Å². The summed E-state index contributed by atoms with van der Waals surface area (Å²) in [6.45, 7) is 0.